The number of amides is 4. The lowest BCUT2D eigenvalue weighted by atomic mass is 9.98. The number of fused-ring (bicyclic) bond motifs is 1. The Labute approximate surface area is 231 Å². The fraction of sp³-hybridized carbons (Fsp3) is 0.250. The topological polar surface area (TPSA) is 76.2 Å². The molecule has 38 heavy (non-hydrogen) atoms. The number of nitrogens with zero attached hydrogens (tertiary/aromatic N) is 4. The van der Waals surface area contributed by atoms with E-state index in [0.29, 0.717) is 22.2 Å². The molecule has 8 nitrogen and oxygen atoms in total. The minimum Gasteiger partial charge on any atom is -0.333 e. The predicted molar refractivity (Wildman–Crippen MR) is 145 cm³/mol. The van der Waals surface area contributed by atoms with Crippen molar-refractivity contribution >= 4 is 41.0 Å². The van der Waals surface area contributed by atoms with Gasteiger partial charge in [-0.05, 0) is 28.8 Å². The largest absolute Gasteiger partial charge is 0.334 e. The molecule has 0 radical (unpaired) electrons. The third-order valence-corrected chi connectivity index (χ3v) is 7.40. The minimum atomic E-state index is -0.883. The Hall–Kier alpha value is -3.59. The first-order valence-electron chi connectivity index (χ1n) is 12.2. The van der Waals surface area contributed by atoms with Crippen molar-refractivity contribution < 1.29 is 14.4 Å². The van der Waals surface area contributed by atoms with E-state index < -0.39 is 12.2 Å². The quantitative estimate of drug-likeness (QED) is 0.512. The summed E-state index contributed by atoms with van der Waals surface area (Å²) < 4.78 is 0. The van der Waals surface area contributed by atoms with Gasteiger partial charge < -0.3 is 15.1 Å². The zero-order valence-electron chi connectivity index (χ0n) is 20.8. The van der Waals surface area contributed by atoms with Gasteiger partial charge in [-0.2, -0.15) is 0 Å². The molecule has 2 atom stereocenters. The van der Waals surface area contributed by atoms with Crippen LogP contribution in [0.15, 0.2) is 78.9 Å². The number of piperazine rings is 1. The van der Waals surface area contributed by atoms with Crippen molar-refractivity contribution in [2.75, 3.05) is 20.1 Å². The first-order valence-corrected chi connectivity index (χ1v) is 13.0. The number of halogens is 2. The second-order valence-electron chi connectivity index (χ2n) is 9.35. The van der Waals surface area contributed by atoms with E-state index in [4.69, 9.17) is 23.2 Å². The van der Waals surface area contributed by atoms with E-state index in [2.05, 4.69) is 5.32 Å². The highest BCUT2D eigenvalue weighted by Crippen LogP contribution is 2.35. The Morgan fingerprint density at radius 3 is 2.34 bits per heavy atom. The molecule has 196 valence electrons. The Morgan fingerprint density at radius 2 is 1.66 bits per heavy atom. The molecule has 3 aromatic rings. The Balaban J connectivity index is 1.49. The van der Waals surface area contributed by atoms with Gasteiger partial charge in [0.2, 0.25) is 5.91 Å². The molecule has 2 aliphatic rings. The third-order valence-electron chi connectivity index (χ3n) is 6.82. The highest BCUT2D eigenvalue weighted by molar-refractivity contribution is 6.35. The molecule has 2 fully saturated rings. The number of urea groups is 1. The van der Waals surface area contributed by atoms with Crippen molar-refractivity contribution in [3.8, 4) is 0 Å². The fourth-order valence-corrected chi connectivity index (χ4v) is 5.48. The summed E-state index contributed by atoms with van der Waals surface area (Å²) in [5, 5.41) is 7.04. The van der Waals surface area contributed by atoms with Gasteiger partial charge in [0.25, 0.3) is 5.91 Å². The number of hydrogen-bond acceptors (Lipinski definition) is 4. The van der Waals surface area contributed by atoms with Crippen LogP contribution in [0.1, 0.15) is 22.7 Å². The molecule has 10 heteroatoms. The molecule has 4 amide bonds. The summed E-state index contributed by atoms with van der Waals surface area (Å²) >= 11 is 12.5. The van der Waals surface area contributed by atoms with Crippen LogP contribution in [0.25, 0.3) is 0 Å². The van der Waals surface area contributed by atoms with Crippen molar-refractivity contribution in [3.05, 3.63) is 106 Å². The number of hydrazine groups is 1. The summed E-state index contributed by atoms with van der Waals surface area (Å²) in [5.74, 6) is -0.461. The lowest BCUT2D eigenvalue weighted by molar-refractivity contribution is -0.188. The maximum absolute atomic E-state index is 13.9. The number of rotatable bonds is 5. The van der Waals surface area contributed by atoms with Gasteiger partial charge in [0.05, 0.1) is 13.1 Å². The summed E-state index contributed by atoms with van der Waals surface area (Å²) in [4.78, 5) is 44.0. The summed E-state index contributed by atoms with van der Waals surface area (Å²) in [5.41, 5.74) is 2.35. The molecule has 2 aliphatic heterocycles. The molecule has 0 saturated carbocycles. The summed E-state index contributed by atoms with van der Waals surface area (Å²) in [7, 11) is 1.70. The van der Waals surface area contributed by atoms with E-state index in [0.717, 1.165) is 11.1 Å². The van der Waals surface area contributed by atoms with Gasteiger partial charge in [-0.3, -0.25) is 9.59 Å². The Morgan fingerprint density at radius 1 is 0.974 bits per heavy atom. The van der Waals surface area contributed by atoms with E-state index in [-0.39, 0.29) is 37.5 Å². The first kappa shape index (κ1) is 26.0. The standard InChI is InChI=1S/C28H27Cl2N5O3/c1-32-18-25(36)34-24(35(32)28(38)31-15-19-8-4-2-5-9-19)17-33(16-21-12-13-22(29)14-23(21)30)27(37)26(34)20-10-6-3-7-11-20/h2-14,24,26H,15-18H2,1H3,(H,31,38)/t24-,26-/m0/s1. The van der Waals surface area contributed by atoms with Crippen molar-refractivity contribution in [3.63, 3.8) is 0 Å². The zero-order valence-corrected chi connectivity index (χ0v) is 22.3. The van der Waals surface area contributed by atoms with Gasteiger partial charge >= 0.3 is 6.03 Å². The van der Waals surface area contributed by atoms with E-state index in [9.17, 15) is 14.4 Å². The van der Waals surface area contributed by atoms with Crippen molar-refractivity contribution in [1.82, 2.24) is 25.1 Å². The van der Waals surface area contributed by atoms with Gasteiger partial charge in [0, 0.05) is 30.2 Å². The van der Waals surface area contributed by atoms with Gasteiger partial charge in [-0.15, -0.1) is 0 Å². The Kier molecular flexibility index (Phi) is 7.56. The molecular formula is C28H27Cl2N5O3. The number of carbonyl (C=O) groups is 3. The maximum Gasteiger partial charge on any atom is 0.334 e. The molecule has 2 saturated heterocycles. The molecule has 0 spiro atoms. The number of hydrogen-bond donors (Lipinski definition) is 1. The van der Waals surface area contributed by atoms with Crippen molar-refractivity contribution in [2.24, 2.45) is 0 Å². The van der Waals surface area contributed by atoms with Crippen molar-refractivity contribution in [2.45, 2.75) is 25.3 Å². The molecule has 1 N–H and O–H groups in total. The summed E-state index contributed by atoms with van der Waals surface area (Å²) in [6.45, 7) is 0.626. The number of likely N-dealkylation sites (N-methyl/N-ethyl adjacent to an activating group) is 1. The van der Waals surface area contributed by atoms with Crippen molar-refractivity contribution in [1.29, 1.82) is 0 Å². The Bertz CT molecular complexity index is 1340. The molecular weight excluding hydrogens is 525 g/mol. The van der Waals surface area contributed by atoms with Crippen LogP contribution in [0, 0.1) is 0 Å². The SMILES string of the molecule is CN1CC(=O)N2[C@@H](c3ccccc3)C(=O)N(Cc3ccc(Cl)cc3Cl)C[C@@H]2N1C(=O)NCc1ccccc1. The summed E-state index contributed by atoms with van der Waals surface area (Å²) in [6.07, 6.45) is -0.717. The average Bonchev–Trinajstić information content (AvgIpc) is 2.91. The molecule has 0 unspecified atom stereocenters. The molecule has 3 aromatic carbocycles. The molecule has 0 aromatic heterocycles. The number of benzene rings is 3. The van der Waals surface area contributed by atoms with E-state index in [1.807, 2.05) is 60.7 Å². The van der Waals surface area contributed by atoms with Gasteiger partial charge in [-0.1, -0.05) is 89.9 Å². The molecule has 0 aliphatic carbocycles. The number of carbonyl (C=O) groups excluding carboxylic acids is 3. The predicted octanol–water partition coefficient (Wildman–Crippen LogP) is 4.30. The zero-order chi connectivity index (χ0) is 26.8. The highest BCUT2D eigenvalue weighted by Gasteiger charge is 2.51. The minimum absolute atomic E-state index is 0.0329. The van der Waals surface area contributed by atoms with Crippen LogP contribution in [0.2, 0.25) is 10.0 Å². The van der Waals surface area contributed by atoms with Crippen LogP contribution in [-0.2, 0) is 22.7 Å². The maximum atomic E-state index is 13.9. The lowest BCUT2D eigenvalue weighted by Gasteiger charge is -2.54. The second-order valence-corrected chi connectivity index (χ2v) is 10.2. The average molecular weight is 552 g/mol. The van der Waals surface area contributed by atoms with E-state index >= 15 is 0 Å². The van der Waals surface area contributed by atoms with Crippen LogP contribution in [0.3, 0.4) is 0 Å². The van der Waals surface area contributed by atoms with Gasteiger partial charge in [0.15, 0.2) is 0 Å². The van der Waals surface area contributed by atoms with Crippen LogP contribution in [-0.4, -0.2) is 64.0 Å². The smallest absolute Gasteiger partial charge is 0.333 e. The van der Waals surface area contributed by atoms with Crippen LogP contribution >= 0.6 is 23.2 Å². The van der Waals surface area contributed by atoms with Crippen LogP contribution < -0.4 is 5.32 Å². The number of nitrogens with one attached hydrogen (secondary N) is 1. The monoisotopic (exact) mass is 551 g/mol. The third kappa shape index (κ3) is 5.20. The fourth-order valence-electron chi connectivity index (χ4n) is 5.01. The summed E-state index contributed by atoms with van der Waals surface area (Å²) in [6, 6.07) is 22.7. The first-order chi connectivity index (χ1) is 18.3. The van der Waals surface area contributed by atoms with Crippen LogP contribution in [0.4, 0.5) is 4.79 Å². The van der Waals surface area contributed by atoms with Gasteiger partial charge in [0.1, 0.15) is 12.2 Å². The van der Waals surface area contributed by atoms with E-state index in [1.165, 1.54) is 5.01 Å². The highest BCUT2D eigenvalue weighted by atomic mass is 35.5. The molecule has 5 rings (SSSR count). The lowest BCUT2D eigenvalue weighted by Crippen LogP contribution is -2.73. The molecule has 0 bridgehead atoms. The van der Waals surface area contributed by atoms with E-state index in [1.54, 1.807) is 40.1 Å². The second kappa shape index (κ2) is 11.0. The van der Waals surface area contributed by atoms with Crippen LogP contribution in [0.5, 0.6) is 0 Å². The van der Waals surface area contributed by atoms with Gasteiger partial charge in [-0.25, -0.2) is 14.8 Å². The normalized spacial score (nSPS) is 19.9. The molecule has 2 heterocycles.